The molecule has 170 valence electrons. The van der Waals surface area contributed by atoms with Crippen molar-refractivity contribution < 1.29 is 23.7 Å². The molecule has 0 saturated carbocycles. The molecule has 0 aliphatic carbocycles. The average Bonchev–Trinajstić information content (AvgIpc) is 3.34. The Kier molecular flexibility index (Phi) is 8.75. The Morgan fingerprint density at radius 3 is 2.62 bits per heavy atom. The quantitative estimate of drug-likeness (QED) is 0.383. The van der Waals surface area contributed by atoms with Gasteiger partial charge in [0.2, 0.25) is 5.91 Å². The molecular weight excluding hydrogens is 406 g/mol. The molecule has 2 aromatic carbocycles. The Balaban J connectivity index is 1.74. The molecule has 32 heavy (non-hydrogen) atoms. The largest absolute Gasteiger partial charge is 0.497 e. The number of benzene rings is 2. The van der Waals surface area contributed by atoms with Gasteiger partial charge >= 0.3 is 0 Å². The van der Waals surface area contributed by atoms with Crippen LogP contribution in [-0.2, 0) is 16.1 Å². The first-order valence-corrected chi connectivity index (χ1v) is 10.8. The smallest absolute Gasteiger partial charge is 0.246 e. The lowest BCUT2D eigenvalue weighted by Gasteiger charge is -2.25. The Morgan fingerprint density at radius 2 is 1.97 bits per heavy atom. The third kappa shape index (κ3) is 6.62. The molecule has 0 N–H and O–H groups in total. The highest BCUT2D eigenvalue weighted by Crippen LogP contribution is 2.29. The minimum Gasteiger partial charge on any atom is -0.497 e. The van der Waals surface area contributed by atoms with Gasteiger partial charge in [0.05, 0.1) is 20.3 Å². The van der Waals surface area contributed by atoms with Crippen molar-refractivity contribution in [1.29, 1.82) is 0 Å². The zero-order valence-corrected chi connectivity index (χ0v) is 18.8. The van der Waals surface area contributed by atoms with E-state index in [1.165, 1.54) is 0 Å². The van der Waals surface area contributed by atoms with Crippen molar-refractivity contribution in [2.75, 3.05) is 34.0 Å². The maximum atomic E-state index is 13.1. The van der Waals surface area contributed by atoms with Crippen LogP contribution in [0.15, 0.2) is 61.2 Å². The number of hydrogen-bond acceptors (Lipinski definition) is 5. The van der Waals surface area contributed by atoms with Crippen molar-refractivity contribution in [2.24, 2.45) is 0 Å². The SMILES string of the molecule is C=CCOc1ccc(CN(CC2CCCO2)C(=O)/C=C/c2ccc(OC)cc2)cc1OC. The van der Waals surface area contributed by atoms with Crippen LogP contribution in [0.1, 0.15) is 24.0 Å². The van der Waals surface area contributed by atoms with E-state index >= 15 is 0 Å². The van der Waals surface area contributed by atoms with E-state index in [2.05, 4.69) is 6.58 Å². The Hall–Kier alpha value is -3.25. The van der Waals surface area contributed by atoms with Gasteiger partial charge < -0.3 is 23.8 Å². The van der Waals surface area contributed by atoms with E-state index < -0.39 is 0 Å². The molecule has 1 aliphatic heterocycles. The summed E-state index contributed by atoms with van der Waals surface area (Å²) in [4.78, 5) is 14.9. The van der Waals surface area contributed by atoms with Gasteiger partial charge in [0.1, 0.15) is 12.4 Å². The fourth-order valence-corrected chi connectivity index (χ4v) is 3.55. The summed E-state index contributed by atoms with van der Waals surface area (Å²) in [5.74, 6) is 1.99. The number of methoxy groups -OCH3 is 2. The van der Waals surface area contributed by atoms with Gasteiger partial charge in [-0.2, -0.15) is 0 Å². The first-order chi connectivity index (χ1) is 15.6. The molecule has 1 unspecified atom stereocenters. The summed E-state index contributed by atoms with van der Waals surface area (Å²) in [5.41, 5.74) is 1.89. The number of nitrogens with zero attached hydrogens (tertiary/aromatic N) is 1. The molecule has 1 heterocycles. The topological polar surface area (TPSA) is 57.2 Å². The molecule has 0 bridgehead atoms. The van der Waals surface area contributed by atoms with E-state index in [9.17, 15) is 4.79 Å². The molecule has 1 amide bonds. The van der Waals surface area contributed by atoms with Crippen LogP contribution in [0.25, 0.3) is 6.08 Å². The Labute approximate surface area is 190 Å². The number of carbonyl (C=O) groups excluding carboxylic acids is 1. The molecule has 1 atom stereocenters. The van der Waals surface area contributed by atoms with Crippen LogP contribution in [0.4, 0.5) is 0 Å². The van der Waals surface area contributed by atoms with Gasteiger partial charge in [0.25, 0.3) is 0 Å². The predicted molar refractivity (Wildman–Crippen MR) is 125 cm³/mol. The molecule has 0 aromatic heterocycles. The summed E-state index contributed by atoms with van der Waals surface area (Å²) in [6, 6.07) is 13.3. The average molecular weight is 438 g/mol. The van der Waals surface area contributed by atoms with E-state index in [0.717, 1.165) is 36.3 Å². The minimum atomic E-state index is -0.0673. The van der Waals surface area contributed by atoms with Crippen LogP contribution in [0.2, 0.25) is 0 Å². The van der Waals surface area contributed by atoms with Crippen molar-refractivity contribution in [2.45, 2.75) is 25.5 Å². The van der Waals surface area contributed by atoms with E-state index in [4.69, 9.17) is 18.9 Å². The molecule has 2 aromatic rings. The van der Waals surface area contributed by atoms with E-state index in [0.29, 0.717) is 31.2 Å². The van der Waals surface area contributed by atoms with Gasteiger partial charge in [-0.25, -0.2) is 0 Å². The van der Waals surface area contributed by atoms with Crippen molar-refractivity contribution in [3.05, 3.63) is 72.3 Å². The highest BCUT2D eigenvalue weighted by atomic mass is 16.5. The van der Waals surface area contributed by atoms with E-state index in [-0.39, 0.29) is 12.0 Å². The zero-order valence-electron chi connectivity index (χ0n) is 18.8. The van der Waals surface area contributed by atoms with Crippen LogP contribution in [-0.4, -0.2) is 50.9 Å². The zero-order chi connectivity index (χ0) is 22.8. The normalized spacial score (nSPS) is 15.5. The second kappa shape index (κ2) is 12.0. The van der Waals surface area contributed by atoms with Gasteiger partial charge in [-0.15, -0.1) is 0 Å². The summed E-state index contributed by atoms with van der Waals surface area (Å²) in [7, 11) is 3.23. The molecule has 6 heteroatoms. The standard InChI is InChI=1S/C26H31NO5/c1-4-15-32-24-13-9-21(17-25(24)30-3)18-27(19-23-6-5-16-31-23)26(28)14-10-20-7-11-22(29-2)12-8-20/h4,7-14,17,23H,1,5-6,15-16,18-19H2,2-3H3/b14-10+. The summed E-state index contributed by atoms with van der Waals surface area (Å²) in [6.45, 7) is 5.81. The minimum absolute atomic E-state index is 0.0606. The van der Waals surface area contributed by atoms with E-state index in [1.54, 1.807) is 26.4 Å². The summed E-state index contributed by atoms with van der Waals surface area (Å²) in [6.07, 6.45) is 7.16. The molecule has 6 nitrogen and oxygen atoms in total. The number of amides is 1. The van der Waals surface area contributed by atoms with Gasteiger partial charge in [0.15, 0.2) is 11.5 Å². The predicted octanol–water partition coefficient (Wildman–Crippen LogP) is 4.49. The lowest BCUT2D eigenvalue weighted by atomic mass is 10.1. The van der Waals surface area contributed by atoms with Crippen molar-refractivity contribution in [3.8, 4) is 17.2 Å². The molecule has 1 aliphatic rings. The first kappa shape index (κ1) is 23.4. The molecule has 0 radical (unpaired) electrons. The van der Waals surface area contributed by atoms with Crippen LogP contribution in [0, 0.1) is 0 Å². The lowest BCUT2D eigenvalue weighted by Crippen LogP contribution is -2.35. The van der Waals surface area contributed by atoms with Crippen LogP contribution >= 0.6 is 0 Å². The summed E-state index contributed by atoms with van der Waals surface area (Å²) in [5, 5.41) is 0. The van der Waals surface area contributed by atoms with Crippen molar-refractivity contribution >= 4 is 12.0 Å². The fourth-order valence-electron chi connectivity index (χ4n) is 3.55. The lowest BCUT2D eigenvalue weighted by molar-refractivity contribution is -0.128. The van der Waals surface area contributed by atoms with Gasteiger partial charge in [0, 0.05) is 25.8 Å². The van der Waals surface area contributed by atoms with Crippen LogP contribution in [0.3, 0.4) is 0 Å². The van der Waals surface area contributed by atoms with Crippen LogP contribution in [0.5, 0.6) is 17.2 Å². The van der Waals surface area contributed by atoms with Crippen molar-refractivity contribution in [3.63, 3.8) is 0 Å². The van der Waals surface area contributed by atoms with Crippen molar-refractivity contribution in [1.82, 2.24) is 4.90 Å². The number of carbonyl (C=O) groups is 1. The molecule has 1 fully saturated rings. The van der Waals surface area contributed by atoms with E-state index in [1.807, 2.05) is 53.4 Å². The summed E-state index contributed by atoms with van der Waals surface area (Å²) >= 11 is 0. The van der Waals surface area contributed by atoms with Gasteiger partial charge in [-0.1, -0.05) is 30.9 Å². The Morgan fingerprint density at radius 1 is 1.16 bits per heavy atom. The summed E-state index contributed by atoms with van der Waals surface area (Å²) < 4.78 is 22.1. The highest BCUT2D eigenvalue weighted by Gasteiger charge is 2.22. The van der Waals surface area contributed by atoms with Gasteiger partial charge in [-0.05, 0) is 54.3 Å². The third-order valence-corrected chi connectivity index (χ3v) is 5.25. The molecule has 0 spiro atoms. The second-order valence-electron chi connectivity index (χ2n) is 7.55. The highest BCUT2D eigenvalue weighted by molar-refractivity contribution is 5.91. The van der Waals surface area contributed by atoms with Crippen LogP contribution < -0.4 is 14.2 Å². The molecule has 1 saturated heterocycles. The number of ether oxygens (including phenoxy) is 4. The first-order valence-electron chi connectivity index (χ1n) is 10.8. The third-order valence-electron chi connectivity index (χ3n) is 5.25. The number of rotatable bonds is 11. The second-order valence-corrected chi connectivity index (χ2v) is 7.55. The maximum absolute atomic E-state index is 13.1. The van der Waals surface area contributed by atoms with Gasteiger partial charge in [-0.3, -0.25) is 4.79 Å². The molecule has 3 rings (SSSR count). The monoisotopic (exact) mass is 437 g/mol. The molecular formula is C26H31NO5. The number of hydrogen-bond donors (Lipinski definition) is 0. The fraction of sp³-hybridized carbons (Fsp3) is 0.346. The maximum Gasteiger partial charge on any atom is 0.246 e. The Bertz CT molecular complexity index is 916.